The molecule has 1 aliphatic rings. The summed E-state index contributed by atoms with van der Waals surface area (Å²) < 4.78 is 43.9. The molecule has 7 heteroatoms. The van der Waals surface area contributed by atoms with E-state index in [9.17, 15) is 13.2 Å². The molecule has 1 aliphatic heterocycles. The molecule has 0 radical (unpaired) electrons. The lowest BCUT2D eigenvalue weighted by atomic mass is 10.1. The van der Waals surface area contributed by atoms with Crippen LogP contribution in [0.15, 0.2) is 12.1 Å². The van der Waals surface area contributed by atoms with Crippen LogP contribution in [0.4, 0.5) is 19.0 Å². The third kappa shape index (κ3) is 3.21. The number of aromatic nitrogens is 1. The quantitative estimate of drug-likeness (QED) is 0.906. The number of anilines is 1. The van der Waals surface area contributed by atoms with Gasteiger partial charge in [-0.05, 0) is 19.9 Å². The van der Waals surface area contributed by atoms with Gasteiger partial charge in [0.2, 0.25) is 0 Å². The Hall–Kier alpha value is -1.34. The first-order valence-corrected chi connectivity index (χ1v) is 6.49. The Morgan fingerprint density at radius 1 is 1.30 bits per heavy atom. The molecule has 0 aromatic carbocycles. The molecule has 1 fully saturated rings. The van der Waals surface area contributed by atoms with E-state index in [0.29, 0.717) is 24.5 Å². The summed E-state index contributed by atoms with van der Waals surface area (Å²) in [4.78, 5) is 5.59. The fourth-order valence-corrected chi connectivity index (χ4v) is 2.42. The van der Waals surface area contributed by atoms with Crippen LogP contribution < -0.4 is 10.6 Å². The zero-order valence-electron chi connectivity index (χ0n) is 11.4. The Bertz CT molecular complexity index is 468. The highest BCUT2D eigenvalue weighted by Crippen LogP contribution is 2.31. The van der Waals surface area contributed by atoms with Crippen LogP contribution >= 0.6 is 0 Å². The Morgan fingerprint density at radius 3 is 2.40 bits per heavy atom. The number of hydrogen-bond donors (Lipinski definition) is 1. The average Bonchev–Trinajstić information content (AvgIpc) is 2.35. The molecule has 1 aromatic rings. The second-order valence-electron chi connectivity index (χ2n) is 5.04. The molecule has 0 amide bonds. The maximum absolute atomic E-state index is 12.8. The summed E-state index contributed by atoms with van der Waals surface area (Å²) in [6, 6.07) is 2.37. The van der Waals surface area contributed by atoms with E-state index in [1.807, 2.05) is 18.7 Å². The highest BCUT2D eigenvalue weighted by atomic mass is 19.4. The van der Waals surface area contributed by atoms with E-state index >= 15 is 0 Å². The van der Waals surface area contributed by atoms with Crippen LogP contribution in [0.3, 0.4) is 0 Å². The lowest BCUT2D eigenvalue weighted by Crippen LogP contribution is -2.46. The van der Waals surface area contributed by atoms with Crippen LogP contribution in [-0.4, -0.2) is 30.3 Å². The first-order chi connectivity index (χ1) is 9.31. The van der Waals surface area contributed by atoms with Gasteiger partial charge in [0.1, 0.15) is 11.5 Å². The summed E-state index contributed by atoms with van der Waals surface area (Å²) in [5, 5.41) is 0. The Balaban J connectivity index is 2.37. The number of nitrogens with zero attached hydrogens (tertiary/aromatic N) is 2. The van der Waals surface area contributed by atoms with Crippen LogP contribution in [0.25, 0.3) is 0 Å². The molecule has 112 valence electrons. The second-order valence-corrected chi connectivity index (χ2v) is 5.04. The van der Waals surface area contributed by atoms with Gasteiger partial charge < -0.3 is 15.4 Å². The van der Waals surface area contributed by atoms with Gasteiger partial charge in [0.25, 0.3) is 0 Å². The van der Waals surface area contributed by atoms with E-state index in [-0.39, 0.29) is 18.8 Å². The number of nitrogens with two attached hydrogens (primary N) is 1. The zero-order valence-corrected chi connectivity index (χ0v) is 11.4. The van der Waals surface area contributed by atoms with Crippen LogP contribution in [-0.2, 0) is 17.5 Å². The molecule has 2 atom stereocenters. The summed E-state index contributed by atoms with van der Waals surface area (Å²) in [5.41, 5.74) is 5.32. The van der Waals surface area contributed by atoms with Crippen molar-refractivity contribution in [1.82, 2.24) is 4.98 Å². The summed E-state index contributed by atoms with van der Waals surface area (Å²) in [7, 11) is 0. The number of ether oxygens (including phenoxy) is 1. The van der Waals surface area contributed by atoms with Crippen molar-refractivity contribution in [2.75, 3.05) is 18.0 Å². The minimum atomic E-state index is -4.45. The van der Waals surface area contributed by atoms with Crippen molar-refractivity contribution in [2.45, 2.75) is 38.8 Å². The minimum absolute atomic E-state index is 0.0549. The van der Waals surface area contributed by atoms with Gasteiger partial charge in [-0.2, -0.15) is 13.2 Å². The number of morpholine rings is 1. The van der Waals surface area contributed by atoms with Gasteiger partial charge in [-0.3, -0.25) is 0 Å². The second kappa shape index (κ2) is 5.57. The number of hydrogen-bond acceptors (Lipinski definition) is 4. The van der Waals surface area contributed by atoms with Gasteiger partial charge >= 0.3 is 6.18 Å². The number of halogens is 3. The SMILES string of the molecule is C[C@@H]1CN(c2nc(C(F)(F)F)ccc2CN)C[C@H](C)O1. The highest BCUT2D eigenvalue weighted by molar-refractivity contribution is 5.48. The van der Waals surface area contributed by atoms with Gasteiger partial charge in [0.05, 0.1) is 12.2 Å². The van der Waals surface area contributed by atoms with Crippen molar-refractivity contribution in [2.24, 2.45) is 5.73 Å². The highest BCUT2D eigenvalue weighted by Gasteiger charge is 2.34. The minimum Gasteiger partial charge on any atom is -0.372 e. The molecule has 1 saturated heterocycles. The zero-order chi connectivity index (χ0) is 14.9. The van der Waals surface area contributed by atoms with E-state index in [1.54, 1.807) is 0 Å². The molecule has 2 heterocycles. The summed E-state index contributed by atoms with van der Waals surface area (Å²) >= 11 is 0. The molecule has 0 unspecified atom stereocenters. The fraction of sp³-hybridized carbons (Fsp3) is 0.615. The summed E-state index contributed by atoms with van der Waals surface area (Å²) in [5.74, 6) is 0.310. The molecule has 4 nitrogen and oxygen atoms in total. The molecule has 2 N–H and O–H groups in total. The number of alkyl halides is 3. The smallest absolute Gasteiger partial charge is 0.372 e. The molecule has 0 spiro atoms. The van der Waals surface area contributed by atoms with Crippen molar-refractivity contribution < 1.29 is 17.9 Å². The van der Waals surface area contributed by atoms with Crippen LogP contribution in [0.2, 0.25) is 0 Å². The van der Waals surface area contributed by atoms with E-state index < -0.39 is 11.9 Å². The first kappa shape index (κ1) is 15.1. The van der Waals surface area contributed by atoms with Crippen LogP contribution in [0.5, 0.6) is 0 Å². The van der Waals surface area contributed by atoms with Gasteiger partial charge in [-0.25, -0.2) is 4.98 Å². The van der Waals surface area contributed by atoms with Crippen molar-refractivity contribution in [3.63, 3.8) is 0 Å². The molecule has 0 saturated carbocycles. The van der Waals surface area contributed by atoms with Gasteiger partial charge in [-0.1, -0.05) is 6.07 Å². The van der Waals surface area contributed by atoms with Gasteiger partial charge in [0, 0.05) is 25.2 Å². The molecule has 2 rings (SSSR count). The Morgan fingerprint density at radius 2 is 1.90 bits per heavy atom. The predicted molar refractivity (Wildman–Crippen MR) is 69.4 cm³/mol. The predicted octanol–water partition coefficient (Wildman–Crippen LogP) is 2.17. The average molecular weight is 289 g/mol. The van der Waals surface area contributed by atoms with Gasteiger partial charge in [0.15, 0.2) is 0 Å². The Labute approximate surface area is 115 Å². The van der Waals surface area contributed by atoms with Crippen molar-refractivity contribution in [1.29, 1.82) is 0 Å². The lowest BCUT2D eigenvalue weighted by molar-refractivity contribution is -0.141. The molecule has 0 bridgehead atoms. The fourth-order valence-electron chi connectivity index (χ4n) is 2.42. The Kier molecular flexibility index (Phi) is 4.19. The molecule has 20 heavy (non-hydrogen) atoms. The molecular weight excluding hydrogens is 271 g/mol. The van der Waals surface area contributed by atoms with Crippen LogP contribution in [0, 0.1) is 0 Å². The summed E-state index contributed by atoms with van der Waals surface area (Å²) in [6.07, 6.45) is -4.56. The third-order valence-electron chi connectivity index (χ3n) is 3.19. The van der Waals surface area contributed by atoms with E-state index in [1.165, 1.54) is 6.07 Å². The van der Waals surface area contributed by atoms with Crippen molar-refractivity contribution in [3.8, 4) is 0 Å². The third-order valence-corrected chi connectivity index (χ3v) is 3.19. The maximum atomic E-state index is 12.8. The molecular formula is C13H18F3N3O. The van der Waals surface area contributed by atoms with E-state index in [0.717, 1.165) is 6.07 Å². The lowest BCUT2D eigenvalue weighted by Gasteiger charge is -2.37. The molecule has 0 aliphatic carbocycles. The number of pyridine rings is 1. The van der Waals surface area contributed by atoms with E-state index in [2.05, 4.69) is 4.98 Å². The normalized spacial score (nSPS) is 24.0. The van der Waals surface area contributed by atoms with Crippen molar-refractivity contribution in [3.05, 3.63) is 23.4 Å². The largest absolute Gasteiger partial charge is 0.433 e. The molecule has 1 aromatic heterocycles. The summed E-state index contributed by atoms with van der Waals surface area (Å²) in [6.45, 7) is 4.94. The van der Waals surface area contributed by atoms with Gasteiger partial charge in [-0.15, -0.1) is 0 Å². The standard InChI is InChI=1S/C13H18F3N3O/c1-8-6-19(7-9(2)20-8)12-10(5-17)3-4-11(18-12)13(14,15)16/h3-4,8-9H,5-7,17H2,1-2H3/t8-,9+. The monoisotopic (exact) mass is 289 g/mol. The first-order valence-electron chi connectivity index (χ1n) is 6.49. The maximum Gasteiger partial charge on any atom is 0.433 e. The van der Waals surface area contributed by atoms with Crippen molar-refractivity contribution >= 4 is 5.82 Å². The van der Waals surface area contributed by atoms with Crippen LogP contribution in [0.1, 0.15) is 25.1 Å². The topological polar surface area (TPSA) is 51.4 Å². The number of rotatable bonds is 2. The van der Waals surface area contributed by atoms with E-state index in [4.69, 9.17) is 10.5 Å².